The molecule has 0 saturated carbocycles. The number of fused-ring (bicyclic) bond motifs is 8. The van der Waals surface area contributed by atoms with Gasteiger partial charge < -0.3 is 308 Å². The van der Waals surface area contributed by atoms with E-state index in [1.54, 1.807) is 0 Å². The molecule has 0 bridgehead atoms. The van der Waals surface area contributed by atoms with Crippen LogP contribution in [-0.2, 0) is 26.2 Å². The monoisotopic (exact) mass is 2490 g/mol. The minimum Gasteiger partial charge on any atom is -1.00 e. The fourth-order valence-corrected chi connectivity index (χ4v) is 14.6. The van der Waals surface area contributed by atoms with Crippen molar-refractivity contribution < 1.29 is 307 Å². The zero-order valence-electron chi connectivity index (χ0n) is 53.1. The third kappa shape index (κ3) is 39.0. The molecular formula is C66H52Cl28N4S4Sb4. The van der Waals surface area contributed by atoms with Gasteiger partial charge in [-0.25, -0.2) is 0 Å². The van der Waals surface area contributed by atoms with Crippen molar-refractivity contribution in [2.45, 2.75) is 45.8 Å². The SMILES string of the molecule is ClCCl.ClCCl.[Cl-].[Cl-].[Cl-].[Cl-].[Cl-].[Cl-].[Cl-].[Cl-].[Cl-].[Cl-].[Cl-].[Cl-].[Cl-].[Cl-].[Cl-].[Cl-].[Cl-].[Cl-].[Cl-].[Cl-].[Cl-].[Cl-].[Cl-].[Cl-].[Sb+5].[Sb+5].[Sb+5].[Sb+5].c1ccc(C[n+]2c3ccccc3[s+]c3ccccc32)c(CN2c3ccccc3Sc3ccccc32)c1.c1ccc(C[n+]2c3ccccc3[s+]c3ccccc32)c(CN2c3ccccc3Sc3ccccc32)c1. The van der Waals surface area contributed by atoms with E-state index in [0.29, 0.717) is 0 Å². The largest absolute Gasteiger partial charge is 5.00 e. The Morgan fingerprint density at radius 3 is 0.623 bits per heavy atom. The van der Waals surface area contributed by atoms with Crippen molar-refractivity contribution >= 4 is 254 Å². The Labute approximate surface area is 878 Å². The van der Waals surface area contributed by atoms with Crippen molar-refractivity contribution in [3.05, 3.63) is 265 Å². The molecule has 576 valence electrons. The van der Waals surface area contributed by atoms with E-state index >= 15 is 0 Å². The maximum atomic E-state index is 4.76. The molecule has 4 nitrogen and oxygen atoms in total. The van der Waals surface area contributed by atoms with E-state index in [9.17, 15) is 0 Å². The summed E-state index contributed by atoms with van der Waals surface area (Å²) in [5.74, 6) is 0. The minimum absolute atomic E-state index is 0. The minimum atomic E-state index is 0. The second-order valence-corrected chi connectivity index (χ2v) is 24.2. The summed E-state index contributed by atoms with van der Waals surface area (Å²) >= 11 is 26.5. The van der Waals surface area contributed by atoms with Crippen molar-refractivity contribution in [3.8, 4) is 0 Å². The molecule has 0 saturated heterocycles. The van der Waals surface area contributed by atoms with Gasteiger partial charge in [0.25, 0.3) is 22.1 Å². The molecule has 2 aliphatic rings. The Morgan fingerprint density at radius 1 is 0.236 bits per heavy atom. The van der Waals surface area contributed by atoms with E-state index in [1.165, 1.54) is 105 Å². The molecule has 106 heavy (non-hydrogen) atoms. The van der Waals surface area contributed by atoms with Gasteiger partial charge in [-0.05, 0) is 59.7 Å². The van der Waals surface area contributed by atoms with Crippen LogP contribution in [0.25, 0.3) is 40.9 Å². The maximum Gasteiger partial charge on any atom is 5.00 e. The first-order valence-corrected chi connectivity index (χ1v) is 30.8. The molecule has 0 unspecified atom stereocenters. The first-order valence-electron chi connectivity index (χ1n) is 25.4. The number of hydrogen-bond donors (Lipinski definition) is 0. The van der Waals surface area contributed by atoms with Gasteiger partial charge in [0.2, 0.25) is 22.7 Å². The number of nitrogens with zero attached hydrogens (tertiary/aromatic N) is 4. The molecule has 4 heterocycles. The summed E-state index contributed by atoms with van der Waals surface area (Å²) in [5.41, 5.74) is 15.6. The fraction of sp³-hybridized carbons (Fsp3) is 0.0909. The number of alkyl halides is 4. The molecule has 2 aliphatic heterocycles. The quantitative estimate of drug-likeness (QED) is 0.0495. The molecule has 0 amide bonds. The second kappa shape index (κ2) is 80.0. The number of para-hydroxylation sites is 8. The smallest absolute Gasteiger partial charge is 1.00 e. The molecule has 40 heteroatoms. The van der Waals surface area contributed by atoms with Gasteiger partial charge in [0.15, 0.2) is 13.1 Å². The zero-order valence-corrected chi connectivity index (χ0v) is 87.8. The first kappa shape index (κ1) is 154. The molecule has 0 aliphatic carbocycles. The predicted octanol–water partition coefficient (Wildman–Crippen LogP) is -53.6. The molecule has 0 spiro atoms. The number of hydrogen-bond acceptors (Lipinski definition) is 4. The van der Waals surface area contributed by atoms with E-state index in [0.717, 1.165) is 26.2 Å². The summed E-state index contributed by atoms with van der Waals surface area (Å²) in [6.07, 6.45) is 0. The molecule has 0 radical (unpaired) electrons. The average Bonchev–Trinajstić information content (AvgIpc) is 0.787. The topological polar surface area (TPSA) is 14.2 Å². The van der Waals surface area contributed by atoms with Crippen molar-refractivity contribution in [1.29, 1.82) is 0 Å². The Morgan fingerprint density at radius 2 is 0.406 bits per heavy atom. The van der Waals surface area contributed by atoms with Crippen molar-refractivity contribution in [2.24, 2.45) is 0 Å². The Hall–Kier alpha value is 3.93. The Balaban J connectivity index is -0.0000000681. The van der Waals surface area contributed by atoms with Crippen LogP contribution in [0.2, 0.25) is 0 Å². The van der Waals surface area contributed by atoms with Gasteiger partial charge in [-0.1, -0.05) is 169 Å². The van der Waals surface area contributed by atoms with Crippen LogP contribution in [0.4, 0.5) is 22.7 Å². The number of benzene rings is 10. The summed E-state index contributed by atoms with van der Waals surface area (Å²) in [5, 5.41) is 0.389. The van der Waals surface area contributed by atoms with E-state index in [-0.39, 0.29) is 406 Å². The van der Waals surface area contributed by atoms with Gasteiger partial charge in [0.1, 0.15) is 0 Å². The number of aromatic nitrogens is 2. The molecule has 2 aromatic heterocycles. The van der Waals surface area contributed by atoms with Crippen LogP contribution in [0.15, 0.2) is 262 Å². The van der Waals surface area contributed by atoms with Gasteiger partial charge >= 0.3 is 117 Å². The molecule has 10 aromatic carbocycles. The second-order valence-electron chi connectivity index (χ2n) is 18.2. The van der Waals surface area contributed by atoms with E-state index < -0.39 is 0 Å². The van der Waals surface area contributed by atoms with Crippen LogP contribution < -0.4 is 317 Å². The van der Waals surface area contributed by atoms with Crippen molar-refractivity contribution in [1.82, 2.24) is 0 Å². The van der Waals surface area contributed by atoms with Gasteiger partial charge in [-0.15, -0.1) is 46.4 Å². The summed E-state index contributed by atoms with van der Waals surface area (Å²) in [6, 6.07) is 87.9. The van der Waals surface area contributed by atoms with Gasteiger partial charge in [0, 0.05) is 92.3 Å². The van der Waals surface area contributed by atoms with E-state index in [2.05, 4.69) is 262 Å². The number of halogens is 28. The summed E-state index contributed by atoms with van der Waals surface area (Å²) in [7, 11) is 0. The van der Waals surface area contributed by atoms with Crippen molar-refractivity contribution in [3.63, 3.8) is 0 Å². The fourth-order valence-electron chi connectivity index (χ4n) is 10.2. The molecular weight excluding hydrogens is 2460 g/mol. The normalized spacial score (nSPS) is 8.83. The van der Waals surface area contributed by atoms with Crippen LogP contribution in [0, 0.1) is 0 Å². The molecule has 0 fully saturated rings. The molecule has 12 aromatic rings. The van der Waals surface area contributed by atoms with Crippen LogP contribution in [0.5, 0.6) is 0 Å². The van der Waals surface area contributed by atoms with E-state index in [4.69, 9.17) is 46.4 Å². The van der Waals surface area contributed by atoms with Crippen LogP contribution in [0.3, 0.4) is 0 Å². The predicted molar refractivity (Wildman–Crippen MR) is 361 cm³/mol. The molecule has 14 rings (SSSR count). The average molecular weight is 2510 g/mol. The third-order valence-corrected chi connectivity index (χ3v) is 18.2. The Kier molecular flexibility index (Phi) is 117. The summed E-state index contributed by atoms with van der Waals surface area (Å²) in [4.78, 5) is 10.2. The third-order valence-electron chi connectivity index (χ3n) is 13.7. The van der Waals surface area contributed by atoms with Crippen LogP contribution >= 0.6 is 92.6 Å². The Bertz CT molecular complexity index is 3700. The zero-order chi connectivity index (χ0) is 53.2. The molecule has 0 N–H and O–H groups in total. The van der Waals surface area contributed by atoms with Gasteiger partial charge in [-0.2, -0.15) is 9.13 Å². The van der Waals surface area contributed by atoms with Gasteiger partial charge in [-0.3, -0.25) is 0 Å². The maximum absolute atomic E-state index is 4.76. The summed E-state index contributed by atoms with van der Waals surface area (Å²) in [6.45, 7) is 3.32. The van der Waals surface area contributed by atoms with Crippen molar-refractivity contribution in [2.75, 3.05) is 20.5 Å². The summed E-state index contributed by atoms with van der Waals surface area (Å²) < 4.78 is 10.2. The number of anilines is 4. The van der Waals surface area contributed by atoms with Gasteiger partial charge in [0.05, 0.1) is 33.4 Å². The van der Waals surface area contributed by atoms with E-state index in [1.807, 2.05) is 46.2 Å². The number of rotatable bonds is 8. The molecule has 0 atom stereocenters. The van der Waals surface area contributed by atoms with Crippen LogP contribution in [-0.4, -0.2) is 108 Å². The van der Waals surface area contributed by atoms with Crippen LogP contribution in [0.1, 0.15) is 22.3 Å². The first-order chi connectivity index (χ1) is 38.5. The standard InChI is InChI=1S/2C32H24N2S2.2CH2Cl2.24ClH.4Sb/c2*1-2-12-24(22-34-27-15-5-9-19-31(27)36-32-20-10-6-16-28(32)34)23(11-1)21-33-25-13-3-7-17-29(25)35-30-18-8-4-14-26(30)33;2*2-1-3;;;;;;;;;;;;;;;;;;;;;;;;;;;;/h2*1-20H,21-22H2;2*1H2;24*1H;;;;/q2*+2;;;;;;;;;;;;;;;;;;;;;;;;;;;4*+5/p-24.